The number of amides is 1. The van der Waals surface area contributed by atoms with Gasteiger partial charge in [0.05, 0.1) is 17.3 Å². The Hall–Kier alpha value is -2.17. The molecule has 2 aliphatic heterocycles. The predicted molar refractivity (Wildman–Crippen MR) is 75.9 cm³/mol. The van der Waals surface area contributed by atoms with Gasteiger partial charge in [0.2, 0.25) is 0 Å². The fourth-order valence-electron chi connectivity index (χ4n) is 3.72. The highest BCUT2D eigenvalue weighted by Gasteiger charge is 2.44. The van der Waals surface area contributed by atoms with Crippen molar-refractivity contribution >= 4 is 5.91 Å². The normalized spacial score (nSPS) is 23.2. The summed E-state index contributed by atoms with van der Waals surface area (Å²) in [7, 11) is 0. The van der Waals surface area contributed by atoms with Gasteiger partial charge in [0.1, 0.15) is 17.8 Å². The van der Waals surface area contributed by atoms with E-state index in [0.717, 1.165) is 36.3 Å². The summed E-state index contributed by atoms with van der Waals surface area (Å²) in [6.07, 6.45) is 6.31. The fraction of sp³-hybridized carbons (Fsp3) is 0.438. The molecule has 0 saturated carbocycles. The van der Waals surface area contributed by atoms with E-state index in [9.17, 15) is 4.79 Å². The number of nitrogens with zero attached hydrogens (tertiary/aromatic N) is 3. The van der Waals surface area contributed by atoms with Crippen molar-refractivity contribution in [2.24, 2.45) is 0 Å². The molecule has 0 aromatic carbocycles. The number of carbonyl (C=O) groups is 1. The van der Waals surface area contributed by atoms with Crippen LogP contribution < -0.4 is 0 Å². The summed E-state index contributed by atoms with van der Waals surface area (Å²) in [6, 6.07) is 2.20. The average Bonchev–Trinajstić information content (AvgIpc) is 2.97. The van der Waals surface area contributed by atoms with Crippen molar-refractivity contribution in [3.63, 3.8) is 0 Å². The molecule has 5 nitrogen and oxygen atoms in total. The number of hydrogen-bond donors (Lipinski definition) is 0. The van der Waals surface area contributed by atoms with Crippen LogP contribution in [0.1, 0.15) is 52.0 Å². The molecule has 0 spiro atoms. The van der Waals surface area contributed by atoms with E-state index in [0.29, 0.717) is 11.3 Å². The molecule has 2 aromatic rings. The monoisotopic (exact) mass is 283 g/mol. The van der Waals surface area contributed by atoms with Gasteiger partial charge >= 0.3 is 0 Å². The van der Waals surface area contributed by atoms with Crippen LogP contribution in [0.2, 0.25) is 0 Å². The van der Waals surface area contributed by atoms with Gasteiger partial charge in [0, 0.05) is 24.2 Å². The van der Waals surface area contributed by atoms with Crippen LogP contribution in [0.15, 0.2) is 23.0 Å². The number of aryl methyl sites for hydroxylation is 2. The van der Waals surface area contributed by atoms with Gasteiger partial charge < -0.3 is 9.32 Å². The summed E-state index contributed by atoms with van der Waals surface area (Å²) in [5, 5.41) is 0. The maximum atomic E-state index is 12.9. The number of fused-ring (bicyclic) bond motifs is 4. The largest absolute Gasteiger partial charge is 0.466 e. The van der Waals surface area contributed by atoms with Crippen molar-refractivity contribution in [1.82, 2.24) is 14.9 Å². The molecule has 0 N–H and O–H groups in total. The summed E-state index contributed by atoms with van der Waals surface area (Å²) in [5.74, 6) is 1.56. The molecule has 1 saturated heterocycles. The van der Waals surface area contributed by atoms with E-state index in [1.54, 1.807) is 6.33 Å². The summed E-state index contributed by atoms with van der Waals surface area (Å²) in [4.78, 5) is 23.5. The molecule has 1 fully saturated rings. The van der Waals surface area contributed by atoms with Crippen LogP contribution in [-0.2, 0) is 6.42 Å². The first-order valence-electron chi connectivity index (χ1n) is 7.33. The number of hydrogen-bond acceptors (Lipinski definition) is 4. The highest BCUT2D eigenvalue weighted by atomic mass is 16.3. The van der Waals surface area contributed by atoms with Crippen LogP contribution in [0.25, 0.3) is 0 Å². The van der Waals surface area contributed by atoms with Crippen molar-refractivity contribution in [2.45, 2.75) is 45.2 Å². The summed E-state index contributed by atoms with van der Waals surface area (Å²) < 4.78 is 5.51. The second-order valence-corrected chi connectivity index (χ2v) is 5.92. The Bertz CT molecular complexity index is 722. The van der Waals surface area contributed by atoms with Gasteiger partial charge in [-0.15, -0.1) is 0 Å². The van der Waals surface area contributed by atoms with Crippen LogP contribution in [0.4, 0.5) is 0 Å². The second-order valence-electron chi connectivity index (χ2n) is 5.92. The molecule has 21 heavy (non-hydrogen) atoms. The summed E-state index contributed by atoms with van der Waals surface area (Å²) >= 11 is 0. The lowest BCUT2D eigenvalue weighted by Crippen LogP contribution is -2.42. The fourth-order valence-corrected chi connectivity index (χ4v) is 3.72. The molecule has 1 amide bonds. The number of carbonyl (C=O) groups excluding carboxylic acids is 1. The van der Waals surface area contributed by atoms with Crippen LogP contribution >= 0.6 is 0 Å². The SMILES string of the molecule is Cc1cc(C(=O)N2C3CCC2c2cncnc2C3)c(C)o1. The number of rotatable bonds is 1. The van der Waals surface area contributed by atoms with E-state index in [2.05, 4.69) is 9.97 Å². The van der Waals surface area contributed by atoms with Crippen LogP contribution in [0.5, 0.6) is 0 Å². The van der Waals surface area contributed by atoms with Gasteiger partial charge in [-0.05, 0) is 32.8 Å². The van der Waals surface area contributed by atoms with Crippen molar-refractivity contribution in [1.29, 1.82) is 0 Å². The third-order valence-corrected chi connectivity index (χ3v) is 4.62. The first-order valence-corrected chi connectivity index (χ1v) is 7.33. The van der Waals surface area contributed by atoms with Crippen LogP contribution in [0.3, 0.4) is 0 Å². The molecule has 4 rings (SSSR count). The third kappa shape index (κ3) is 1.80. The Morgan fingerprint density at radius 2 is 2.24 bits per heavy atom. The molecule has 2 unspecified atom stereocenters. The number of aromatic nitrogens is 2. The van der Waals surface area contributed by atoms with E-state index in [1.807, 2.05) is 31.0 Å². The first kappa shape index (κ1) is 12.6. The zero-order valence-corrected chi connectivity index (χ0v) is 12.2. The van der Waals surface area contributed by atoms with Crippen molar-refractivity contribution in [3.8, 4) is 0 Å². The van der Waals surface area contributed by atoms with Gasteiger partial charge in [0.25, 0.3) is 5.91 Å². The van der Waals surface area contributed by atoms with E-state index < -0.39 is 0 Å². The highest BCUT2D eigenvalue weighted by molar-refractivity contribution is 5.96. The average molecular weight is 283 g/mol. The molecule has 0 radical (unpaired) electrons. The van der Waals surface area contributed by atoms with E-state index in [1.165, 1.54) is 0 Å². The van der Waals surface area contributed by atoms with Gasteiger partial charge in [-0.25, -0.2) is 9.97 Å². The Labute approximate surface area is 123 Å². The second kappa shape index (κ2) is 4.41. The molecule has 108 valence electrons. The Kier molecular flexibility index (Phi) is 2.64. The Morgan fingerprint density at radius 1 is 1.38 bits per heavy atom. The molecule has 2 aliphatic rings. The standard InChI is InChI=1S/C16H17N3O2/c1-9-5-12(10(2)21-9)16(20)19-11-3-4-15(19)13-7-17-8-18-14(13)6-11/h5,7-8,11,15H,3-4,6H2,1-2H3. The Balaban J connectivity index is 1.74. The lowest BCUT2D eigenvalue weighted by Gasteiger charge is -2.35. The topological polar surface area (TPSA) is 59.2 Å². The van der Waals surface area contributed by atoms with Crippen molar-refractivity contribution < 1.29 is 9.21 Å². The van der Waals surface area contributed by atoms with Crippen molar-refractivity contribution in [3.05, 3.63) is 46.9 Å². The van der Waals surface area contributed by atoms with E-state index in [-0.39, 0.29) is 18.0 Å². The predicted octanol–water partition coefficient (Wildman–Crippen LogP) is 2.59. The minimum absolute atomic E-state index is 0.0753. The molecule has 2 aromatic heterocycles. The van der Waals surface area contributed by atoms with E-state index >= 15 is 0 Å². The molecule has 2 bridgehead atoms. The van der Waals surface area contributed by atoms with Gasteiger partial charge in [-0.1, -0.05) is 0 Å². The van der Waals surface area contributed by atoms with Crippen LogP contribution in [-0.4, -0.2) is 26.8 Å². The van der Waals surface area contributed by atoms with Crippen molar-refractivity contribution in [2.75, 3.05) is 0 Å². The number of furan rings is 1. The summed E-state index contributed by atoms with van der Waals surface area (Å²) in [6.45, 7) is 3.72. The smallest absolute Gasteiger partial charge is 0.258 e. The van der Waals surface area contributed by atoms with Gasteiger partial charge in [-0.3, -0.25) is 4.79 Å². The maximum absolute atomic E-state index is 12.9. The molecular formula is C16H17N3O2. The highest BCUT2D eigenvalue weighted by Crippen LogP contribution is 2.43. The van der Waals surface area contributed by atoms with Crippen LogP contribution in [0, 0.1) is 13.8 Å². The molecule has 0 aliphatic carbocycles. The molecule has 5 heteroatoms. The zero-order valence-electron chi connectivity index (χ0n) is 12.2. The molecular weight excluding hydrogens is 266 g/mol. The molecule has 4 heterocycles. The zero-order chi connectivity index (χ0) is 14.6. The minimum atomic E-state index is 0.0753. The van der Waals surface area contributed by atoms with Gasteiger partial charge in [-0.2, -0.15) is 0 Å². The Morgan fingerprint density at radius 3 is 3.00 bits per heavy atom. The third-order valence-electron chi connectivity index (χ3n) is 4.62. The van der Waals surface area contributed by atoms with E-state index in [4.69, 9.17) is 4.42 Å². The first-order chi connectivity index (χ1) is 10.1. The minimum Gasteiger partial charge on any atom is -0.466 e. The molecule has 2 atom stereocenters. The quantitative estimate of drug-likeness (QED) is 0.807. The summed E-state index contributed by atoms with van der Waals surface area (Å²) in [5.41, 5.74) is 2.89. The lowest BCUT2D eigenvalue weighted by molar-refractivity contribution is 0.0642. The lowest BCUT2D eigenvalue weighted by atomic mass is 9.98. The van der Waals surface area contributed by atoms with Gasteiger partial charge in [0.15, 0.2) is 0 Å². The maximum Gasteiger partial charge on any atom is 0.258 e.